The average Bonchev–Trinajstić information content (AvgIpc) is 2.68. The number of thioether (sulfide) groups is 1. The molecular formula is C21H20N2O2S. The van der Waals surface area contributed by atoms with Crippen LogP contribution in [0.25, 0.3) is 0 Å². The molecule has 0 radical (unpaired) electrons. The summed E-state index contributed by atoms with van der Waals surface area (Å²) in [4.78, 5) is 17.3. The minimum Gasteiger partial charge on any atom is -0.508 e. The van der Waals surface area contributed by atoms with E-state index in [-0.39, 0.29) is 11.7 Å². The number of phenolic OH excluding ortho intramolecular Hbond substituents is 1. The van der Waals surface area contributed by atoms with Crippen molar-refractivity contribution in [3.8, 4) is 5.75 Å². The van der Waals surface area contributed by atoms with Crippen LogP contribution in [-0.4, -0.2) is 16.0 Å². The predicted octanol–water partition coefficient (Wildman–Crippen LogP) is 4.65. The van der Waals surface area contributed by atoms with Crippen molar-refractivity contribution < 1.29 is 9.90 Å². The highest BCUT2D eigenvalue weighted by Crippen LogP contribution is 2.24. The Morgan fingerprint density at radius 3 is 2.58 bits per heavy atom. The maximum atomic E-state index is 12.1. The van der Waals surface area contributed by atoms with Crippen LogP contribution in [0, 0.1) is 0 Å². The highest BCUT2D eigenvalue weighted by Gasteiger charge is 2.06. The summed E-state index contributed by atoms with van der Waals surface area (Å²) in [5.41, 5.74) is 2.74. The molecule has 3 rings (SSSR count). The molecule has 0 fully saturated rings. The van der Waals surface area contributed by atoms with Gasteiger partial charge < -0.3 is 10.4 Å². The van der Waals surface area contributed by atoms with Gasteiger partial charge in [-0.2, -0.15) is 0 Å². The summed E-state index contributed by atoms with van der Waals surface area (Å²) >= 11 is 1.73. The van der Waals surface area contributed by atoms with E-state index in [0.29, 0.717) is 12.8 Å². The maximum absolute atomic E-state index is 12.1. The number of anilines is 1. The summed E-state index contributed by atoms with van der Waals surface area (Å²) in [6, 6.07) is 18.9. The Labute approximate surface area is 157 Å². The van der Waals surface area contributed by atoms with Gasteiger partial charge in [0, 0.05) is 35.2 Å². The van der Waals surface area contributed by atoms with Gasteiger partial charge in [-0.25, -0.2) is 0 Å². The number of hydrogen-bond donors (Lipinski definition) is 2. The van der Waals surface area contributed by atoms with Gasteiger partial charge in [0.05, 0.1) is 0 Å². The molecule has 0 aliphatic heterocycles. The van der Waals surface area contributed by atoms with Crippen LogP contribution in [0.15, 0.2) is 78.0 Å². The number of aryl methyl sites for hydroxylation is 1. The van der Waals surface area contributed by atoms with Gasteiger partial charge in [0.25, 0.3) is 0 Å². The third kappa shape index (κ3) is 5.36. The second-order valence-corrected chi connectivity index (χ2v) is 6.90. The molecule has 0 aliphatic rings. The van der Waals surface area contributed by atoms with Gasteiger partial charge >= 0.3 is 0 Å². The van der Waals surface area contributed by atoms with Gasteiger partial charge in [0.1, 0.15) is 5.75 Å². The lowest BCUT2D eigenvalue weighted by molar-refractivity contribution is -0.116. The fourth-order valence-corrected chi connectivity index (χ4v) is 3.31. The van der Waals surface area contributed by atoms with E-state index in [1.54, 1.807) is 30.1 Å². The third-order valence-electron chi connectivity index (χ3n) is 3.88. The number of aromatic hydroxyl groups is 1. The number of carbonyl (C=O) groups is 1. The SMILES string of the molecule is O=C(CCc1ccccc1O)Nc1ccc(SCc2cccnc2)cc1. The largest absolute Gasteiger partial charge is 0.508 e. The van der Waals surface area contributed by atoms with Gasteiger partial charge in [-0.3, -0.25) is 9.78 Å². The molecule has 0 saturated heterocycles. The fourth-order valence-electron chi connectivity index (χ4n) is 2.48. The number of carbonyl (C=O) groups excluding carboxylic acids is 1. The predicted molar refractivity (Wildman–Crippen MR) is 105 cm³/mol. The van der Waals surface area contributed by atoms with Gasteiger partial charge in [-0.05, 0) is 53.9 Å². The van der Waals surface area contributed by atoms with Crippen LogP contribution in [0.4, 0.5) is 5.69 Å². The molecule has 0 atom stereocenters. The van der Waals surface area contributed by atoms with E-state index in [2.05, 4.69) is 16.4 Å². The summed E-state index contributed by atoms with van der Waals surface area (Å²) in [7, 11) is 0. The van der Waals surface area contributed by atoms with Crippen LogP contribution in [0.5, 0.6) is 5.75 Å². The van der Waals surface area contributed by atoms with Crippen molar-refractivity contribution in [2.75, 3.05) is 5.32 Å². The minimum absolute atomic E-state index is 0.0657. The highest BCUT2D eigenvalue weighted by molar-refractivity contribution is 7.98. The summed E-state index contributed by atoms with van der Waals surface area (Å²) < 4.78 is 0. The monoisotopic (exact) mass is 364 g/mol. The Balaban J connectivity index is 1.47. The summed E-state index contributed by atoms with van der Waals surface area (Å²) in [6.07, 6.45) is 4.48. The van der Waals surface area contributed by atoms with Gasteiger partial charge in [0.15, 0.2) is 0 Å². The zero-order valence-electron chi connectivity index (χ0n) is 14.3. The third-order valence-corrected chi connectivity index (χ3v) is 4.96. The first-order chi connectivity index (χ1) is 12.7. The molecule has 26 heavy (non-hydrogen) atoms. The molecule has 0 unspecified atom stereocenters. The summed E-state index contributed by atoms with van der Waals surface area (Å²) in [6.45, 7) is 0. The maximum Gasteiger partial charge on any atom is 0.224 e. The molecule has 5 heteroatoms. The zero-order valence-corrected chi connectivity index (χ0v) is 15.1. The zero-order chi connectivity index (χ0) is 18.2. The molecule has 2 N–H and O–H groups in total. The quantitative estimate of drug-likeness (QED) is 0.599. The Kier molecular flexibility index (Phi) is 6.28. The number of hydrogen-bond acceptors (Lipinski definition) is 4. The summed E-state index contributed by atoms with van der Waals surface area (Å²) in [5, 5.41) is 12.6. The number of aromatic nitrogens is 1. The number of benzene rings is 2. The molecule has 1 heterocycles. The molecule has 1 amide bonds. The topological polar surface area (TPSA) is 62.2 Å². The molecule has 132 valence electrons. The number of nitrogens with zero attached hydrogens (tertiary/aromatic N) is 1. The Morgan fingerprint density at radius 1 is 1.04 bits per heavy atom. The lowest BCUT2D eigenvalue weighted by atomic mass is 10.1. The van der Waals surface area contributed by atoms with Crippen LogP contribution in [-0.2, 0) is 17.0 Å². The summed E-state index contributed by atoms with van der Waals surface area (Å²) in [5.74, 6) is 1.03. The highest BCUT2D eigenvalue weighted by atomic mass is 32.2. The number of phenols is 1. The normalized spacial score (nSPS) is 10.5. The fraction of sp³-hybridized carbons (Fsp3) is 0.143. The molecular weight excluding hydrogens is 344 g/mol. The Hall–Kier alpha value is -2.79. The van der Waals surface area contributed by atoms with Crippen molar-refractivity contribution in [2.45, 2.75) is 23.5 Å². The molecule has 0 spiro atoms. The van der Waals surface area contributed by atoms with Crippen LogP contribution >= 0.6 is 11.8 Å². The van der Waals surface area contributed by atoms with Crippen molar-refractivity contribution in [2.24, 2.45) is 0 Å². The van der Waals surface area contributed by atoms with Crippen molar-refractivity contribution in [1.82, 2.24) is 4.98 Å². The second kappa shape index (κ2) is 9.06. The molecule has 3 aromatic rings. The molecule has 0 saturated carbocycles. The van der Waals surface area contributed by atoms with E-state index >= 15 is 0 Å². The molecule has 2 aromatic carbocycles. The van der Waals surface area contributed by atoms with Crippen molar-refractivity contribution in [3.05, 3.63) is 84.2 Å². The van der Waals surface area contributed by atoms with Gasteiger partial charge in [-0.1, -0.05) is 24.3 Å². The number of nitrogens with one attached hydrogen (secondary N) is 1. The van der Waals surface area contributed by atoms with Gasteiger partial charge in [0.2, 0.25) is 5.91 Å². The molecule has 0 bridgehead atoms. The van der Waals surface area contributed by atoms with E-state index in [9.17, 15) is 9.90 Å². The molecule has 1 aromatic heterocycles. The lowest BCUT2D eigenvalue weighted by Gasteiger charge is -2.07. The second-order valence-electron chi connectivity index (χ2n) is 5.85. The smallest absolute Gasteiger partial charge is 0.224 e. The lowest BCUT2D eigenvalue weighted by Crippen LogP contribution is -2.12. The van der Waals surface area contributed by atoms with E-state index < -0.39 is 0 Å². The first-order valence-electron chi connectivity index (χ1n) is 8.39. The number of rotatable bonds is 7. The van der Waals surface area contributed by atoms with Crippen molar-refractivity contribution >= 4 is 23.4 Å². The van der Waals surface area contributed by atoms with Crippen molar-refractivity contribution in [1.29, 1.82) is 0 Å². The number of para-hydroxylation sites is 1. The van der Waals surface area contributed by atoms with Crippen LogP contribution in [0.2, 0.25) is 0 Å². The number of pyridine rings is 1. The average molecular weight is 364 g/mol. The van der Waals surface area contributed by atoms with E-state index in [1.807, 2.05) is 48.7 Å². The number of amides is 1. The minimum atomic E-state index is -0.0657. The Bertz CT molecular complexity index is 851. The van der Waals surface area contributed by atoms with Gasteiger partial charge in [-0.15, -0.1) is 11.8 Å². The first-order valence-corrected chi connectivity index (χ1v) is 9.38. The van der Waals surface area contributed by atoms with E-state index in [1.165, 1.54) is 5.56 Å². The Morgan fingerprint density at radius 2 is 1.85 bits per heavy atom. The van der Waals surface area contributed by atoms with E-state index in [4.69, 9.17) is 0 Å². The van der Waals surface area contributed by atoms with Crippen LogP contribution in [0.1, 0.15) is 17.5 Å². The first kappa shape index (κ1) is 18.0. The van der Waals surface area contributed by atoms with E-state index in [0.717, 1.165) is 21.9 Å². The van der Waals surface area contributed by atoms with Crippen LogP contribution in [0.3, 0.4) is 0 Å². The standard InChI is InChI=1S/C21H20N2O2S/c24-20-6-2-1-5-17(20)7-12-21(25)23-18-8-10-19(11-9-18)26-15-16-4-3-13-22-14-16/h1-6,8-11,13-14,24H,7,12,15H2,(H,23,25). The molecule has 4 nitrogen and oxygen atoms in total. The molecule has 0 aliphatic carbocycles. The van der Waals surface area contributed by atoms with Crippen molar-refractivity contribution in [3.63, 3.8) is 0 Å². The van der Waals surface area contributed by atoms with Crippen LogP contribution < -0.4 is 5.32 Å².